The molecule has 1 fully saturated rings. The maximum atomic E-state index is 12.0. The summed E-state index contributed by atoms with van der Waals surface area (Å²) in [5.41, 5.74) is 0.594. The Labute approximate surface area is 119 Å². The van der Waals surface area contributed by atoms with Gasteiger partial charge in [0, 0.05) is 10.7 Å². The molecule has 3 amide bonds. The number of hydrogen-bond acceptors (Lipinski definition) is 4. The van der Waals surface area contributed by atoms with E-state index in [1.807, 2.05) is 0 Å². The third-order valence-electron chi connectivity index (χ3n) is 2.70. The Balaban J connectivity index is 2.01. The molecule has 0 saturated carbocycles. The molecule has 1 aliphatic rings. The summed E-state index contributed by atoms with van der Waals surface area (Å²) in [5, 5.41) is 4.32. The van der Waals surface area contributed by atoms with Gasteiger partial charge in [0.25, 0.3) is 5.24 Å². The number of carbonyl (C=O) groups is 3. The van der Waals surface area contributed by atoms with Crippen molar-refractivity contribution in [1.82, 2.24) is 5.32 Å². The molecular weight excluding hydrogens is 288 g/mol. The topological polar surface area (TPSA) is 75.3 Å². The largest absolute Gasteiger partial charge is 0.326 e. The minimum atomic E-state index is -0.681. The summed E-state index contributed by atoms with van der Waals surface area (Å²) in [7, 11) is 0. The van der Waals surface area contributed by atoms with Crippen LogP contribution in [0.2, 0.25) is 5.02 Å². The SMILES string of the molecule is C[C@@H](C(=O)Nc1ccc(Cl)cc1)[C@@H]1SC(=O)NC1=O. The molecule has 100 valence electrons. The second-order valence-electron chi connectivity index (χ2n) is 4.10. The first-order chi connectivity index (χ1) is 8.97. The molecule has 0 radical (unpaired) electrons. The van der Waals surface area contributed by atoms with Crippen molar-refractivity contribution in [2.24, 2.45) is 5.92 Å². The third kappa shape index (κ3) is 3.27. The number of rotatable bonds is 3. The Kier molecular flexibility index (Phi) is 4.11. The average molecular weight is 299 g/mol. The Morgan fingerprint density at radius 2 is 2.00 bits per heavy atom. The number of nitrogens with one attached hydrogen (secondary N) is 2. The van der Waals surface area contributed by atoms with E-state index in [0.717, 1.165) is 11.8 Å². The molecule has 1 aromatic carbocycles. The molecule has 2 N–H and O–H groups in total. The highest BCUT2D eigenvalue weighted by Crippen LogP contribution is 2.27. The zero-order chi connectivity index (χ0) is 14.0. The molecule has 7 heteroatoms. The summed E-state index contributed by atoms with van der Waals surface area (Å²) in [6, 6.07) is 6.64. The molecule has 0 unspecified atom stereocenters. The lowest BCUT2D eigenvalue weighted by Crippen LogP contribution is -2.35. The van der Waals surface area contributed by atoms with Crippen LogP contribution in [0.1, 0.15) is 6.92 Å². The van der Waals surface area contributed by atoms with Gasteiger partial charge in [0.2, 0.25) is 11.8 Å². The second-order valence-corrected chi connectivity index (χ2v) is 5.65. The van der Waals surface area contributed by atoms with E-state index >= 15 is 0 Å². The van der Waals surface area contributed by atoms with Gasteiger partial charge < -0.3 is 5.32 Å². The van der Waals surface area contributed by atoms with Crippen LogP contribution in [-0.2, 0) is 9.59 Å². The van der Waals surface area contributed by atoms with Crippen molar-refractivity contribution < 1.29 is 14.4 Å². The Morgan fingerprint density at radius 1 is 1.37 bits per heavy atom. The third-order valence-corrected chi connectivity index (χ3v) is 4.14. The van der Waals surface area contributed by atoms with Gasteiger partial charge in [-0.2, -0.15) is 0 Å². The van der Waals surface area contributed by atoms with E-state index in [9.17, 15) is 14.4 Å². The number of benzene rings is 1. The Morgan fingerprint density at radius 3 is 2.53 bits per heavy atom. The minimum absolute atomic E-state index is 0.315. The van der Waals surface area contributed by atoms with Crippen LogP contribution in [0.5, 0.6) is 0 Å². The first-order valence-corrected chi connectivity index (χ1v) is 6.81. The van der Waals surface area contributed by atoms with Crippen LogP contribution >= 0.6 is 23.4 Å². The maximum absolute atomic E-state index is 12.0. The zero-order valence-electron chi connectivity index (χ0n) is 9.98. The highest BCUT2D eigenvalue weighted by atomic mass is 35.5. The predicted octanol–water partition coefficient (Wildman–Crippen LogP) is 2.27. The molecule has 19 heavy (non-hydrogen) atoms. The summed E-state index contributed by atoms with van der Waals surface area (Å²) >= 11 is 6.58. The van der Waals surface area contributed by atoms with Crippen LogP contribution < -0.4 is 10.6 Å². The summed E-state index contributed by atoms with van der Waals surface area (Å²) in [6.07, 6.45) is 0. The fourth-order valence-corrected chi connectivity index (χ4v) is 2.64. The molecule has 2 atom stereocenters. The minimum Gasteiger partial charge on any atom is -0.326 e. The molecule has 1 aliphatic heterocycles. The van der Waals surface area contributed by atoms with Crippen molar-refractivity contribution in [3.05, 3.63) is 29.3 Å². The molecule has 0 aromatic heterocycles. The molecule has 0 aliphatic carbocycles. The zero-order valence-corrected chi connectivity index (χ0v) is 11.5. The Hall–Kier alpha value is -1.53. The number of carbonyl (C=O) groups excluding carboxylic acids is 3. The lowest BCUT2D eigenvalue weighted by molar-refractivity contribution is -0.125. The van der Waals surface area contributed by atoms with Crippen molar-refractivity contribution in [3.8, 4) is 0 Å². The van der Waals surface area contributed by atoms with Gasteiger partial charge in [0.1, 0.15) is 5.25 Å². The average Bonchev–Trinajstić information content (AvgIpc) is 2.70. The highest BCUT2D eigenvalue weighted by Gasteiger charge is 2.38. The summed E-state index contributed by atoms with van der Waals surface area (Å²) < 4.78 is 0. The number of hydrogen-bond donors (Lipinski definition) is 2. The predicted molar refractivity (Wildman–Crippen MR) is 74.2 cm³/mol. The lowest BCUT2D eigenvalue weighted by Gasteiger charge is -2.15. The molecule has 1 heterocycles. The summed E-state index contributed by atoms with van der Waals surface area (Å²) in [6.45, 7) is 1.61. The quantitative estimate of drug-likeness (QED) is 0.897. The fraction of sp³-hybridized carbons (Fsp3) is 0.250. The number of amides is 3. The molecule has 0 spiro atoms. The van der Waals surface area contributed by atoms with Gasteiger partial charge in [-0.25, -0.2) is 0 Å². The summed E-state index contributed by atoms with van der Waals surface area (Å²) in [5.74, 6) is -1.34. The van der Waals surface area contributed by atoms with Crippen molar-refractivity contribution in [2.45, 2.75) is 12.2 Å². The first kappa shape index (κ1) is 13.9. The smallest absolute Gasteiger partial charge is 0.286 e. The molecule has 2 rings (SSSR count). The first-order valence-electron chi connectivity index (χ1n) is 5.55. The molecule has 1 aromatic rings. The van der Waals surface area contributed by atoms with Crippen LogP contribution in [0.3, 0.4) is 0 Å². The van der Waals surface area contributed by atoms with E-state index < -0.39 is 22.3 Å². The van der Waals surface area contributed by atoms with Gasteiger partial charge >= 0.3 is 0 Å². The van der Waals surface area contributed by atoms with Crippen LogP contribution in [0.15, 0.2) is 24.3 Å². The summed E-state index contributed by atoms with van der Waals surface area (Å²) in [4.78, 5) is 34.5. The number of halogens is 1. The van der Waals surface area contributed by atoms with Crippen LogP contribution in [-0.4, -0.2) is 22.3 Å². The van der Waals surface area contributed by atoms with Gasteiger partial charge in [-0.05, 0) is 24.3 Å². The van der Waals surface area contributed by atoms with E-state index in [1.54, 1.807) is 31.2 Å². The monoisotopic (exact) mass is 298 g/mol. The Bertz CT molecular complexity index is 532. The van der Waals surface area contributed by atoms with Crippen molar-refractivity contribution in [1.29, 1.82) is 0 Å². The number of thioether (sulfide) groups is 1. The van der Waals surface area contributed by atoms with Gasteiger partial charge in [0.15, 0.2) is 0 Å². The van der Waals surface area contributed by atoms with Crippen LogP contribution in [0.4, 0.5) is 10.5 Å². The standard InChI is InChI=1S/C12H11ClN2O3S/c1-6(9-11(17)15-12(18)19-9)10(16)14-8-4-2-7(13)3-5-8/h2-6,9H,1H3,(H,14,16)(H,15,17,18)/t6-,9+/m1/s1. The van der Waals surface area contributed by atoms with E-state index in [2.05, 4.69) is 10.6 Å². The molecule has 1 saturated heterocycles. The normalized spacial score (nSPS) is 20.0. The lowest BCUT2D eigenvalue weighted by atomic mass is 10.1. The van der Waals surface area contributed by atoms with E-state index in [0.29, 0.717) is 10.7 Å². The highest BCUT2D eigenvalue weighted by molar-refractivity contribution is 8.15. The van der Waals surface area contributed by atoms with E-state index in [4.69, 9.17) is 11.6 Å². The van der Waals surface area contributed by atoms with E-state index in [-0.39, 0.29) is 5.91 Å². The van der Waals surface area contributed by atoms with E-state index in [1.165, 1.54) is 0 Å². The molecular formula is C12H11ClN2O3S. The van der Waals surface area contributed by atoms with Gasteiger partial charge in [-0.15, -0.1) is 0 Å². The van der Waals surface area contributed by atoms with Gasteiger partial charge in [-0.1, -0.05) is 30.3 Å². The van der Waals surface area contributed by atoms with Crippen molar-refractivity contribution in [3.63, 3.8) is 0 Å². The maximum Gasteiger partial charge on any atom is 0.286 e. The molecule has 0 bridgehead atoms. The molecule has 5 nitrogen and oxygen atoms in total. The van der Waals surface area contributed by atoms with Crippen molar-refractivity contribution >= 4 is 46.1 Å². The van der Waals surface area contributed by atoms with Gasteiger partial charge in [-0.3, -0.25) is 19.7 Å². The number of imide groups is 1. The van der Waals surface area contributed by atoms with Crippen LogP contribution in [0.25, 0.3) is 0 Å². The fourth-order valence-electron chi connectivity index (χ4n) is 1.63. The van der Waals surface area contributed by atoms with Crippen LogP contribution in [0, 0.1) is 5.92 Å². The number of anilines is 1. The second kappa shape index (κ2) is 5.63. The van der Waals surface area contributed by atoms with Gasteiger partial charge in [0.05, 0.1) is 5.92 Å². The van der Waals surface area contributed by atoms with Crippen molar-refractivity contribution in [2.75, 3.05) is 5.32 Å².